The van der Waals surface area contributed by atoms with Crippen LogP contribution in [-0.4, -0.2) is 43.3 Å². The van der Waals surface area contributed by atoms with E-state index in [0.717, 1.165) is 19.4 Å². The molecule has 26 heavy (non-hydrogen) atoms. The number of rotatable bonds is 5. The zero-order valence-corrected chi connectivity index (χ0v) is 14.9. The minimum Gasteiger partial charge on any atom is -0.338 e. The van der Waals surface area contributed by atoms with Crippen molar-refractivity contribution in [3.05, 3.63) is 71.0 Å². The molecule has 1 saturated heterocycles. The number of likely N-dealkylation sites (tertiary alicyclic amines) is 1. The van der Waals surface area contributed by atoms with E-state index >= 15 is 0 Å². The van der Waals surface area contributed by atoms with Crippen LogP contribution in [-0.2, 0) is 0 Å². The number of amides is 1. The van der Waals surface area contributed by atoms with Gasteiger partial charge in [0.1, 0.15) is 5.82 Å². The van der Waals surface area contributed by atoms with Crippen molar-refractivity contribution in [3.8, 4) is 0 Å². The number of carbonyl (C=O) groups is 2. The Hall–Kier alpha value is -2.53. The van der Waals surface area contributed by atoms with Crippen molar-refractivity contribution in [2.75, 3.05) is 26.7 Å². The minimum absolute atomic E-state index is 0.114. The van der Waals surface area contributed by atoms with Gasteiger partial charge in [0.15, 0.2) is 5.78 Å². The normalized spacial score (nSPS) is 17.2. The molecule has 1 fully saturated rings. The van der Waals surface area contributed by atoms with Gasteiger partial charge in [0.05, 0.1) is 5.56 Å². The van der Waals surface area contributed by atoms with E-state index in [1.165, 1.54) is 24.3 Å². The fraction of sp³-hybridized carbons (Fsp3) is 0.333. The molecule has 0 radical (unpaired) electrons. The lowest BCUT2D eigenvalue weighted by Gasteiger charge is -2.33. The number of carbonyl (C=O) groups excluding carboxylic acids is 2. The van der Waals surface area contributed by atoms with Gasteiger partial charge in [-0.2, -0.15) is 0 Å². The molecule has 1 atom stereocenters. The standard InChI is InChI=1S/C21H23FN2O2/c1-23-13-15-5-4-12-24(14-15)21(26)19-7-3-2-6-18(19)20(25)16-8-10-17(22)11-9-16/h2-3,6-11,15,23H,4-5,12-14H2,1H3/t15-/m1/s1. The molecule has 2 aromatic carbocycles. The van der Waals surface area contributed by atoms with E-state index in [1.807, 2.05) is 11.9 Å². The summed E-state index contributed by atoms with van der Waals surface area (Å²) in [6, 6.07) is 12.3. The molecule has 5 heteroatoms. The molecule has 3 rings (SSSR count). The molecular weight excluding hydrogens is 331 g/mol. The molecule has 0 spiro atoms. The summed E-state index contributed by atoms with van der Waals surface area (Å²) in [6.45, 7) is 2.27. The van der Waals surface area contributed by atoms with Gasteiger partial charge < -0.3 is 10.2 Å². The van der Waals surface area contributed by atoms with Gasteiger partial charge in [-0.05, 0) is 62.7 Å². The number of nitrogens with zero attached hydrogens (tertiary/aromatic N) is 1. The highest BCUT2D eigenvalue weighted by Crippen LogP contribution is 2.21. The minimum atomic E-state index is -0.394. The lowest BCUT2D eigenvalue weighted by Crippen LogP contribution is -2.42. The summed E-state index contributed by atoms with van der Waals surface area (Å²) in [5, 5.41) is 3.17. The van der Waals surface area contributed by atoms with Crippen molar-refractivity contribution in [1.82, 2.24) is 10.2 Å². The molecule has 0 unspecified atom stereocenters. The first-order valence-electron chi connectivity index (χ1n) is 8.93. The van der Waals surface area contributed by atoms with Crippen molar-refractivity contribution in [3.63, 3.8) is 0 Å². The molecule has 1 amide bonds. The molecule has 1 aliphatic heterocycles. The van der Waals surface area contributed by atoms with Gasteiger partial charge in [0, 0.05) is 24.2 Å². The Morgan fingerprint density at radius 1 is 1.12 bits per heavy atom. The van der Waals surface area contributed by atoms with Crippen LogP contribution in [0.1, 0.15) is 39.1 Å². The fourth-order valence-corrected chi connectivity index (χ4v) is 3.50. The number of nitrogens with one attached hydrogen (secondary N) is 1. The maximum atomic E-state index is 13.1. The maximum Gasteiger partial charge on any atom is 0.254 e. The summed E-state index contributed by atoms with van der Waals surface area (Å²) in [5.41, 5.74) is 1.14. The number of halogens is 1. The van der Waals surface area contributed by atoms with Crippen molar-refractivity contribution < 1.29 is 14.0 Å². The van der Waals surface area contributed by atoms with Gasteiger partial charge in [-0.25, -0.2) is 4.39 Å². The van der Waals surface area contributed by atoms with Crippen LogP contribution in [0.2, 0.25) is 0 Å². The van der Waals surface area contributed by atoms with Crippen LogP contribution in [0.4, 0.5) is 4.39 Å². The maximum absolute atomic E-state index is 13.1. The Morgan fingerprint density at radius 3 is 2.50 bits per heavy atom. The molecular formula is C21H23FN2O2. The lowest BCUT2D eigenvalue weighted by molar-refractivity contribution is 0.0671. The molecule has 0 bridgehead atoms. The molecule has 2 aromatic rings. The second kappa shape index (κ2) is 8.23. The van der Waals surface area contributed by atoms with Crippen molar-refractivity contribution in [1.29, 1.82) is 0 Å². The molecule has 0 aliphatic carbocycles. The smallest absolute Gasteiger partial charge is 0.254 e. The largest absolute Gasteiger partial charge is 0.338 e. The fourth-order valence-electron chi connectivity index (χ4n) is 3.50. The van der Waals surface area contributed by atoms with E-state index in [0.29, 0.717) is 35.7 Å². The number of piperidine rings is 1. The number of hydrogen-bond acceptors (Lipinski definition) is 3. The average Bonchev–Trinajstić information content (AvgIpc) is 2.68. The van der Waals surface area contributed by atoms with Crippen LogP contribution in [0, 0.1) is 11.7 Å². The monoisotopic (exact) mass is 354 g/mol. The Labute approximate surface area is 153 Å². The van der Waals surface area contributed by atoms with E-state index in [2.05, 4.69) is 5.32 Å². The van der Waals surface area contributed by atoms with Gasteiger partial charge in [0.25, 0.3) is 5.91 Å². The van der Waals surface area contributed by atoms with Gasteiger partial charge >= 0.3 is 0 Å². The van der Waals surface area contributed by atoms with Gasteiger partial charge in [-0.1, -0.05) is 18.2 Å². The Bertz CT molecular complexity index is 787. The van der Waals surface area contributed by atoms with E-state index in [1.54, 1.807) is 24.3 Å². The van der Waals surface area contributed by atoms with Gasteiger partial charge in [-0.15, -0.1) is 0 Å². The third-order valence-electron chi connectivity index (χ3n) is 4.81. The highest BCUT2D eigenvalue weighted by atomic mass is 19.1. The van der Waals surface area contributed by atoms with Gasteiger partial charge in [-0.3, -0.25) is 9.59 Å². The molecule has 1 aliphatic rings. The zero-order valence-electron chi connectivity index (χ0n) is 14.9. The number of benzene rings is 2. The third kappa shape index (κ3) is 3.99. The van der Waals surface area contributed by atoms with Crippen molar-refractivity contribution in [2.45, 2.75) is 12.8 Å². The van der Waals surface area contributed by atoms with Crippen LogP contribution >= 0.6 is 0 Å². The first-order valence-corrected chi connectivity index (χ1v) is 8.93. The zero-order chi connectivity index (χ0) is 18.5. The van der Waals surface area contributed by atoms with E-state index < -0.39 is 5.82 Å². The topological polar surface area (TPSA) is 49.4 Å². The van der Waals surface area contributed by atoms with E-state index in [9.17, 15) is 14.0 Å². The van der Waals surface area contributed by atoms with Gasteiger partial charge in [0.2, 0.25) is 0 Å². The van der Waals surface area contributed by atoms with Crippen LogP contribution < -0.4 is 5.32 Å². The average molecular weight is 354 g/mol. The van der Waals surface area contributed by atoms with Crippen LogP contribution in [0.5, 0.6) is 0 Å². The van der Waals surface area contributed by atoms with Crippen molar-refractivity contribution in [2.24, 2.45) is 5.92 Å². The first-order chi connectivity index (χ1) is 12.6. The second-order valence-corrected chi connectivity index (χ2v) is 6.70. The quantitative estimate of drug-likeness (QED) is 0.840. The molecule has 4 nitrogen and oxygen atoms in total. The highest BCUT2D eigenvalue weighted by Gasteiger charge is 2.27. The third-order valence-corrected chi connectivity index (χ3v) is 4.81. The van der Waals surface area contributed by atoms with Crippen LogP contribution in [0.15, 0.2) is 48.5 Å². The van der Waals surface area contributed by atoms with Crippen LogP contribution in [0.3, 0.4) is 0 Å². The summed E-state index contributed by atoms with van der Waals surface area (Å²) in [4.78, 5) is 27.7. The van der Waals surface area contributed by atoms with E-state index in [-0.39, 0.29) is 11.7 Å². The predicted molar refractivity (Wildman–Crippen MR) is 98.8 cm³/mol. The summed E-state index contributed by atoms with van der Waals surface area (Å²) in [7, 11) is 1.91. The lowest BCUT2D eigenvalue weighted by atomic mass is 9.94. The van der Waals surface area contributed by atoms with Crippen molar-refractivity contribution >= 4 is 11.7 Å². The SMILES string of the molecule is CNC[C@H]1CCCN(C(=O)c2ccccc2C(=O)c2ccc(F)cc2)C1. The summed E-state index contributed by atoms with van der Waals surface area (Å²) in [6.07, 6.45) is 2.06. The number of ketones is 1. The van der Waals surface area contributed by atoms with Crippen LogP contribution in [0.25, 0.3) is 0 Å². The summed E-state index contributed by atoms with van der Waals surface area (Å²) >= 11 is 0. The molecule has 1 N–H and O–H groups in total. The second-order valence-electron chi connectivity index (χ2n) is 6.70. The molecule has 0 saturated carbocycles. The Kier molecular flexibility index (Phi) is 5.78. The van der Waals surface area contributed by atoms with E-state index in [4.69, 9.17) is 0 Å². The predicted octanol–water partition coefficient (Wildman–Crippen LogP) is 3.13. The molecule has 1 heterocycles. The number of hydrogen-bond donors (Lipinski definition) is 1. The Morgan fingerprint density at radius 2 is 1.81 bits per heavy atom. The Balaban J connectivity index is 1.85. The molecule has 0 aromatic heterocycles. The first kappa shape index (κ1) is 18.3. The molecule has 136 valence electrons. The summed E-state index contributed by atoms with van der Waals surface area (Å²) < 4.78 is 13.1. The highest BCUT2D eigenvalue weighted by molar-refractivity contribution is 6.15. The summed E-state index contributed by atoms with van der Waals surface area (Å²) in [5.74, 6) is -0.345.